The number of methoxy groups -OCH3 is 1. The van der Waals surface area contributed by atoms with Gasteiger partial charge in [0.2, 0.25) is 5.95 Å². The average Bonchev–Trinajstić information content (AvgIpc) is 2.86. The van der Waals surface area contributed by atoms with Crippen LogP contribution in [-0.2, 0) is 9.30 Å². The number of ether oxygens (including phenoxy) is 2. The molecule has 1 aromatic heterocycles. The van der Waals surface area contributed by atoms with Gasteiger partial charge in [0.15, 0.2) is 11.6 Å². The summed E-state index contributed by atoms with van der Waals surface area (Å²) in [6.45, 7) is 1.76. The van der Waals surface area contributed by atoms with E-state index in [9.17, 15) is 13.3 Å². The minimum Gasteiger partial charge on any atom is -0.492 e. The first-order valence-electron chi connectivity index (χ1n) is 11.7. The Morgan fingerprint density at radius 1 is 1.08 bits per heavy atom. The highest BCUT2D eigenvalue weighted by atomic mass is 35.5. The largest absolute Gasteiger partial charge is 0.492 e. The fourth-order valence-corrected chi connectivity index (χ4v) is 5.57. The van der Waals surface area contributed by atoms with Crippen LogP contribution in [0.1, 0.15) is 12.8 Å². The summed E-state index contributed by atoms with van der Waals surface area (Å²) >= 11 is 6.37. The molecule has 2 heterocycles. The van der Waals surface area contributed by atoms with Crippen molar-refractivity contribution in [3.63, 3.8) is 0 Å². The lowest BCUT2D eigenvalue weighted by Gasteiger charge is -2.34. The first-order chi connectivity index (χ1) is 17.7. The van der Waals surface area contributed by atoms with Crippen molar-refractivity contribution in [2.45, 2.75) is 25.6 Å². The smallest absolute Gasteiger partial charge is 0.345 e. The maximum absolute atomic E-state index is 12.7. The zero-order valence-corrected chi connectivity index (χ0v) is 22.4. The number of benzene rings is 2. The zero-order valence-electron chi connectivity index (χ0n) is 20.7. The van der Waals surface area contributed by atoms with E-state index in [2.05, 4.69) is 30.2 Å². The number of para-hydroxylation sites is 2. The van der Waals surface area contributed by atoms with Crippen molar-refractivity contribution in [2.24, 2.45) is 0 Å². The van der Waals surface area contributed by atoms with Gasteiger partial charge in [-0.2, -0.15) is 13.8 Å². The molecule has 1 fully saturated rings. The molecule has 1 aliphatic heterocycles. The number of nitrogens with one attached hydrogen (secondary N) is 2. The minimum atomic E-state index is -2.76. The van der Waals surface area contributed by atoms with E-state index in [0.717, 1.165) is 5.69 Å². The van der Waals surface area contributed by atoms with Crippen molar-refractivity contribution in [2.75, 3.05) is 49.1 Å². The van der Waals surface area contributed by atoms with E-state index < -0.39 is 19.9 Å². The number of rotatable bonds is 9. The maximum atomic E-state index is 12.7. The third-order valence-corrected chi connectivity index (χ3v) is 7.83. The molecule has 0 unspecified atom stereocenters. The molecule has 1 saturated heterocycles. The maximum Gasteiger partial charge on any atom is 0.345 e. The van der Waals surface area contributed by atoms with Gasteiger partial charge in [-0.3, -0.25) is 0 Å². The van der Waals surface area contributed by atoms with Crippen LogP contribution < -0.4 is 25.6 Å². The monoisotopic (exact) mass is 551 g/mol. The molecule has 0 radical (unpaired) electrons. The second-order valence-electron chi connectivity index (χ2n) is 8.95. The van der Waals surface area contributed by atoms with E-state index in [1.54, 1.807) is 20.4 Å². The normalized spacial score (nSPS) is 14.6. The topological polar surface area (TPSA) is 88.6 Å². The van der Waals surface area contributed by atoms with Gasteiger partial charge in [0.05, 0.1) is 36.5 Å². The third kappa shape index (κ3) is 6.69. The quantitative estimate of drug-likeness (QED) is 0.309. The lowest BCUT2D eigenvalue weighted by atomic mass is 10.1. The Bertz CT molecular complexity index is 1280. The van der Waals surface area contributed by atoms with Gasteiger partial charge >= 0.3 is 6.61 Å². The molecule has 3 aromatic rings. The number of halogens is 3. The van der Waals surface area contributed by atoms with Gasteiger partial charge in [0, 0.05) is 18.4 Å². The fraction of sp³-hybridized carbons (Fsp3) is 0.360. The second kappa shape index (κ2) is 11.6. The first kappa shape index (κ1) is 27.1. The Labute approximate surface area is 219 Å². The van der Waals surface area contributed by atoms with E-state index >= 15 is 0 Å². The van der Waals surface area contributed by atoms with Crippen molar-refractivity contribution in [3.05, 3.63) is 53.7 Å². The molecule has 2 aromatic carbocycles. The Kier molecular flexibility index (Phi) is 8.52. The highest BCUT2D eigenvalue weighted by Gasteiger charge is 2.25. The van der Waals surface area contributed by atoms with Crippen LogP contribution in [0, 0.1) is 0 Å². The predicted molar refractivity (Wildman–Crippen MR) is 144 cm³/mol. The van der Waals surface area contributed by atoms with Crippen LogP contribution in [0.25, 0.3) is 0 Å². The summed E-state index contributed by atoms with van der Waals surface area (Å²) in [5.41, 5.74) is 2.11. The molecular formula is C25H29ClF2N5O3P. The molecule has 0 bridgehead atoms. The molecule has 2 N–H and O–H groups in total. The molecule has 4 rings (SSSR count). The predicted octanol–water partition coefficient (Wildman–Crippen LogP) is 6.08. The van der Waals surface area contributed by atoms with Gasteiger partial charge in [0.1, 0.15) is 12.2 Å². The van der Waals surface area contributed by atoms with Gasteiger partial charge < -0.3 is 29.6 Å². The van der Waals surface area contributed by atoms with Gasteiger partial charge in [-0.1, -0.05) is 29.8 Å². The number of anilines is 5. The van der Waals surface area contributed by atoms with Crippen LogP contribution in [0.15, 0.2) is 48.7 Å². The number of hydrogen-bond acceptors (Lipinski definition) is 8. The van der Waals surface area contributed by atoms with Crippen LogP contribution in [0.4, 0.5) is 37.6 Å². The zero-order chi connectivity index (χ0) is 26.6. The molecule has 0 amide bonds. The van der Waals surface area contributed by atoms with E-state index in [1.807, 2.05) is 42.5 Å². The van der Waals surface area contributed by atoms with Gasteiger partial charge in [-0.05, 0) is 50.4 Å². The minimum absolute atomic E-state index is 0.278. The number of aromatic nitrogens is 2. The van der Waals surface area contributed by atoms with E-state index in [0.29, 0.717) is 59.2 Å². The number of piperidine rings is 1. The molecular weight excluding hydrogens is 523 g/mol. The Morgan fingerprint density at radius 3 is 2.46 bits per heavy atom. The van der Waals surface area contributed by atoms with Crippen molar-refractivity contribution in [3.8, 4) is 5.75 Å². The van der Waals surface area contributed by atoms with Crippen LogP contribution in [0.3, 0.4) is 0 Å². The summed E-state index contributed by atoms with van der Waals surface area (Å²) in [6.07, 6.45) is 1.99. The second-order valence-corrected chi connectivity index (χ2v) is 12.5. The van der Waals surface area contributed by atoms with Crippen LogP contribution in [-0.4, -0.2) is 56.2 Å². The summed E-state index contributed by atoms with van der Waals surface area (Å²) in [5, 5.41) is 7.36. The molecule has 8 nitrogen and oxygen atoms in total. The van der Waals surface area contributed by atoms with Crippen molar-refractivity contribution < 1.29 is 22.8 Å². The summed E-state index contributed by atoms with van der Waals surface area (Å²) in [7, 11) is -0.980. The van der Waals surface area contributed by atoms with E-state index in [-0.39, 0.29) is 5.95 Å². The lowest BCUT2D eigenvalue weighted by Crippen LogP contribution is -2.37. The summed E-state index contributed by atoms with van der Waals surface area (Å²) < 4.78 is 48.3. The SMILES string of the molecule is COc1c(Nc2ncc(Cl)c(Nc3ccccc3P(C)(C)=O)n2)cccc1N1CCC(OC(F)F)CC1. The third-order valence-electron chi connectivity index (χ3n) is 6.00. The summed E-state index contributed by atoms with van der Waals surface area (Å²) in [5.74, 6) is 1.21. The van der Waals surface area contributed by atoms with Crippen LogP contribution >= 0.6 is 18.7 Å². The number of alkyl halides is 2. The van der Waals surface area contributed by atoms with Gasteiger partial charge in [0.25, 0.3) is 0 Å². The fourth-order valence-electron chi connectivity index (χ4n) is 4.28. The van der Waals surface area contributed by atoms with Crippen molar-refractivity contribution >= 4 is 52.9 Å². The molecule has 12 heteroatoms. The Balaban J connectivity index is 1.56. The van der Waals surface area contributed by atoms with Crippen LogP contribution in [0.5, 0.6) is 5.75 Å². The summed E-state index contributed by atoms with van der Waals surface area (Å²) in [6, 6.07) is 12.9. The first-order valence-corrected chi connectivity index (χ1v) is 14.7. The lowest BCUT2D eigenvalue weighted by molar-refractivity contribution is -0.166. The number of hydrogen-bond donors (Lipinski definition) is 2. The summed E-state index contributed by atoms with van der Waals surface area (Å²) in [4.78, 5) is 10.9. The molecule has 1 aliphatic rings. The van der Waals surface area contributed by atoms with Gasteiger partial charge in [-0.15, -0.1) is 0 Å². The van der Waals surface area contributed by atoms with E-state index in [4.69, 9.17) is 16.3 Å². The number of nitrogens with zero attached hydrogens (tertiary/aromatic N) is 3. The highest BCUT2D eigenvalue weighted by molar-refractivity contribution is 7.70. The molecule has 0 aliphatic carbocycles. The molecule has 0 atom stereocenters. The van der Waals surface area contributed by atoms with Gasteiger partial charge in [-0.25, -0.2) is 4.98 Å². The molecule has 198 valence electrons. The van der Waals surface area contributed by atoms with Crippen molar-refractivity contribution in [1.29, 1.82) is 0 Å². The molecule has 0 saturated carbocycles. The van der Waals surface area contributed by atoms with Crippen molar-refractivity contribution in [1.82, 2.24) is 9.97 Å². The van der Waals surface area contributed by atoms with E-state index in [1.165, 1.54) is 6.20 Å². The molecule has 0 spiro atoms. The molecule has 37 heavy (non-hydrogen) atoms. The Morgan fingerprint density at radius 2 is 1.78 bits per heavy atom. The standard InChI is InChI=1S/C25H29ClF2N5O3P/c1-35-22-19(8-6-9-20(22)33-13-11-16(12-14-33)36-24(27)28)31-25-29-15-17(26)23(32-25)30-18-7-4-5-10-21(18)37(2,3)34/h4-10,15-16,24H,11-14H2,1-3H3,(H2,29,30,31,32). The Hall–Kier alpha value is -2.94. The average molecular weight is 552 g/mol. The van der Waals surface area contributed by atoms with Crippen LogP contribution in [0.2, 0.25) is 5.02 Å². The highest BCUT2D eigenvalue weighted by Crippen LogP contribution is 2.40.